The third kappa shape index (κ3) is 3.25. The third-order valence-corrected chi connectivity index (χ3v) is 4.11. The molecule has 0 atom stereocenters. The first-order valence-electron chi connectivity index (χ1n) is 6.44. The van der Waals surface area contributed by atoms with Crippen LogP contribution in [0.2, 0.25) is 0 Å². The summed E-state index contributed by atoms with van der Waals surface area (Å²) in [5.74, 6) is 1.36. The molecule has 2 aromatic rings. The van der Waals surface area contributed by atoms with Gasteiger partial charge in [-0.3, -0.25) is 4.79 Å². The van der Waals surface area contributed by atoms with E-state index in [0.717, 1.165) is 12.8 Å². The molecule has 1 aliphatic rings. The molecule has 1 aromatic heterocycles. The highest BCUT2D eigenvalue weighted by Gasteiger charge is 2.30. The minimum Gasteiger partial charge on any atom is -0.339 e. The van der Waals surface area contributed by atoms with Crippen LogP contribution in [0.5, 0.6) is 0 Å². The van der Waals surface area contributed by atoms with Gasteiger partial charge in [-0.2, -0.15) is 4.98 Å². The van der Waals surface area contributed by atoms with Crippen LogP contribution < -0.4 is 0 Å². The van der Waals surface area contributed by atoms with E-state index < -0.39 is 0 Å². The number of hydrogen-bond acceptors (Lipinski definition) is 5. The Bertz CT molecular complexity index is 625. The summed E-state index contributed by atoms with van der Waals surface area (Å²) in [6, 6.07) is 6.55. The Labute approximate surface area is 119 Å². The third-order valence-electron chi connectivity index (χ3n) is 3.06. The zero-order valence-corrected chi connectivity index (χ0v) is 11.5. The van der Waals surface area contributed by atoms with Crippen molar-refractivity contribution in [3.05, 3.63) is 41.8 Å². The highest BCUT2D eigenvalue weighted by Crippen LogP contribution is 2.31. The number of nitrogens with zero attached hydrogens (tertiary/aromatic N) is 2. The Morgan fingerprint density at radius 3 is 2.95 bits per heavy atom. The van der Waals surface area contributed by atoms with Gasteiger partial charge >= 0.3 is 0 Å². The molecular formula is C14H13FN2O2S. The second-order valence-corrected chi connectivity index (χ2v) is 5.76. The van der Waals surface area contributed by atoms with Crippen molar-refractivity contribution in [1.29, 1.82) is 0 Å². The Morgan fingerprint density at radius 1 is 1.40 bits per heavy atom. The second kappa shape index (κ2) is 5.75. The molecular weight excluding hydrogens is 279 g/mol. The molecule has 1 fully saturated rings. The predicted molar refractivity (Wildman–Crippen MR) is 71.7 cm³/mol. The highest BCUT2D eigenvalue weighted by atomic mass is 32.2. The van der Waals surface area contributed by atoms with Gasteiger partial charge in [0.2, 0.25) is 5.89 Å². The van der Waals surface area contributed by atoms with E-state index in [9.17, 15) is 9.18 Å². The largest absolute Gasteiger partial charge is 0.339 e. The fourth-order valence-corrected chi connectivity index (χ4v) is 2.61. The molecule has 1 aromatic carbocycles. The number of hydrogen-bond donors (Lipinski definition) is 0. The molecule has 6 heteroatoms. The van der Waals surface area contributed by atoms with Crippen molar-refractivity contribution in [1.82, 2.24) is 10.1 Å². The molecule has 104 valence electrons. The second-order valence-electron chi connectivity index (χ2n) is 4.74. The first kappa shape index (κ1) is 13.3. The van der Waals surface area contributed by atoms with Gasteiger partial charge in [0.15, 0.2) is 5.82 Å². The number of Topliss-reactive ketones (excluding diaryl/α,β-unsaturated/α-hetero) is 1. The Balaban J connectivity index is 1.57. The molecule has 0 amide bonds. The lowest BCUT2D eigenvalue weighted by molar-refractivity contribution is -0.119. The maximum Gasteiger partial charge on any atom is 0.234 e. The average Bonchev–Trinajstić information content (AvgIpc) is 3.20. The van der Waals surface area contributed by atoms with Crippen molar-refractivity contribution in [2.45, 2.75) is 29.9 Å². The molecule has 0 unspecified atom stereocenters. The van der Waals surface area contributed by atoms with E-state index >= 15 is 0 Å². The molecule has 0 saturated heterocycles. The van der Waals surface area contributed by atoms with Crippen molar-refractivity contribution in [3.63, 3.8) is 0 Å². The van der Waals surface area contributed by atoms with E-state index in [1.54, 1.807) is 18.2 Å². The van der Waals surface area contributed by atoms with Gasteiger partial charge in [-0.25, -0.2) is 4.39 Å². The van der Waals surface area contributed by atoms with E-state index in [4.69, 9.17) is 4.52 Å². The van der Waals surface area contributed by atoms with E-state index in [1.807, 2.05) is 0 Å². The summed E-state index contributed by atoms with van der Waals surface area (Å²) in [6.45, 7) is 0. The fourth-order valence-electron chi connectivity index (χ4n) is 1.82. The quantitative estimate of drug-likeness (QED) is 0.766. The Hall–Kier alpha value is -1.69. The van der Waals surface area contributed by atoms with Crippen molar-refractivity contribution in [2.75, 3.05) is 0 Å². The number of carbonyl (C=O) groups excluding carboxylic acids is 1. The molecule has 0 bridgehead atoms. The van der Waals surface area contributed by atoms with Crippen LogP contribution in [0.1, 0.15) is 24.6 Å². The van der Waals surface area contributed by atoms with Crippen LogP contribution in [-0.4, -0.2) is 15.9 Å². The monoisotopic (exact) mass is 292 g/mol. The smallest absolute Gasteiger partial charge is 0.234 e. The summed E-state index contributed by atoms with van der Waals surface area (Å²) in [5.41, 5.74) is 0. The summed E-state index contributed by atoms with van der Waals surface area (Å²) in [5, 5.41) is 3.81. The van der Waals surface area contributed by atoms with E-state index in [1.165, 1.54) is 17.8 Å². The van der Waals surface area contributed by atoms with Gasteiger partial charge in [0, 0.05) is 10.8 Å². The fraction of sp³-hybridized carbons (Fsp3) is 0.357. The molecule has 1 aliphatic carbocycles. The first-order chi connectivity index (χ1) is 9.72. The summed E-state index contributed by atoms with van der Waals surface area (Å²) < 4.78 is 18.5. The maximum absolute atomic E-state index is 13.4. The Morgan fingerprint density at radius 2 is 2.20 bits per heavy atom. The molecule has 3 rings (SSSR count). The average molecular weight is 292 g/mol. The number of ketones is 1. The minimum absolute atomic E-state index is 0.168. The SMILES string of the molecule is O=C(Cc1nc(CSc2ccccc2F)no1)C1CC1. The summed E-state index contributed by atoms with van der Waals surface area (Å²) >= 11 is 1.31. The molecule has 0 spiro atoms. The van der Waals surface area contributed by atoms with Crippen LogP contribution in [0.3, 0.4) is 0 Å². The highest BCUT2D eigenvalue weighted by molar-refractivity contribution is 7.98. The standard InChI is InChI=1S/C14H13FN2O2S/c15-10-3-1-2-4-12(10)20-8-13-16-14(19-17-13)7-11(18)9-5-6-9/h1-4,9H,5-8H2. The van der Waals surface area contributed by atoms with Gasteiger partial charge in [0.05, 0.1) is 12.2 Å². The van der Waals surface area contributed by atoms with Gasteiger partial charge in [0.1, 0.15) is 11.6 Å². The molecule has 0 aliphatic heterocycles. The summed E-state index contributed by atoms with van der Waals surface area (Å²) in [6.07, 6.45) is 2.16. The van der Waals surface area contributed by atoms with Crippen LogP contribution in [-0.2, 0) is 17.0 Å². The normalized spacial score (nSPS) is 14.4. The molecule has 0 N–H and O–H groups in total. The van der Waals surface area contributed by atoms with Crippen LogP contribution in [0, 0.1) is 11.7 Å². The van der Waals surface area contributed by atoms with E-state index in [2.05, 4.69) is 10.1 Å². The van der Waals surface area contributed by atoms with Crippen molar-refractivity contribution >= 4 is 17.5 Å². The summed E-state index contributed by atoms with van der Waals surface area (Å²) in [4.78, 5) is 16.3. The van der Waals surface area contributed by atoms with Crippen LogP contribution in [0.25, 0.3) is 0 Å². The summed E-state index contributed by atoms with van der Waals surface area (Å²) in [7, 11) is 0. The van der Waals surface area contributed by atoms with Gasteiger partial charge in [0.25, 0.3) is 0 Å². The van der Waals surface area contributed by atoms with Crippen molar-refractivity contribution in [2.24, 2.45) is 5.92 Å². The number of thioether (sulfide) groups is 1. The number of halogens is 1. The number of benzene rings is 1. The lowest BCUT2D eigenvalue weighted by Gasteiger charge is -1.99. The number of carbonyl (C=O) groups is 1. The van der Waals surface area contributed by atoms with Crippen LogP contribution >= 0.6 is 11.8 Å². The van der Waals surface area contributed by atoms with Gasteiger partial charge in [-0.1, -0.05) is 17.3 Å². The lowest BCUT2D eigenvalue weighted by Crippen LogP contribution is -2.04. The zero-order valence-electron chi connectivity index (χ0n) is 10.7. The molecule has 1 heterocycles. The molecule has 0 radical (unpaired) electrons. The van der Waals surface area contributed by atoms with E-state index in [0.29, 0.717) is 22.4 Å². The number of aromatic nitrogens is 2. The van der Waals surface area contributed by atoms with Crippen LogP contribution in [0.15, 0.2) is 33.7 Å². The van der Waals surface area contributed by atoms with Gasteiger partial charge in [-0.05, 0) is 25.0 Å². The predicted octanol–water partition coefficient (Wildman–Crippen LogP) is 3.02. The maximum atomic E-state index is 13.4. The van der Waals surface area contributed by atoms with E-state index in [-0.39, 0.29) is 23.9 Å². The number of rotatable bonds is 6. The van der Waals surface area contributed by atoms with Crippen LogP contribution in [0.4, 0.5) is 4.39 Å². The lowest BCUT2D eigenvalue weighted by atomic mass is 10.2. The van der Waals surface area contributed by atoms with Gasteiger partial charge in [-0.15, -0.1) is 11.8 Å². The minimum atomic E-state index is -0.259. The molecule has 1 saturated carbocycles. The molecule has 20 heavy (non-hydrogen) atoms. The first-order valence-corrected chi connectivity index (χ1v) is 7.42. The van der Waals surface area contributed by atoms with Crippen molar-refractivity contribution in [3.8, 4) is 0 Å². The van der Waals surface area contributed by atoms with Crippen molar-refractivity contribution < 1.29 is 13.7 Å². The topological polar surface area (TPSA) is 56.0 Å². The Kier molecular flexibility index (Phi) is 3.82. The zero-order chi connectivity index (χ0) is 13.9. The van der Waals surface area contributed by atoms with Gasteiger partial charge < -0.3 is 4.52 Å². The molecule has 4 nitrogen and oxygen atoms in total.